The fourth-order valence-corrected chi connectivity index (χ4v) is 1.83. The number of amides is 2. The van der Waals surface area contributed by atoms with Gasteiger partial charge in [0.1, 0.15) is 0 Å². The van der Waals surface area contributed by atoms with Crippen molar-refractivity contribution in [1.29, 1.82) is 5.26 Å². The maximum atomic E-state index is 12.9. The number of cyclic esters (lactones) is 1. The number of carbonyl (C=O) groups excluding carboxylic acids is 2. The molecule has 0 saturated carbocycles. The van der Waals surface area contributed by atoms with Crippen LogP contribution in [0.3, 0.4) is 0 Å². The van der Waals surface area contributed by atoms with Crippen molar-refractivity contribution in [2.45, 2.75) is 18.7 Å². The molecule has 1 radical (unpaired) electrons. The number of rotatable bonds is 1. The second-order valence-corrected chi connectivity index (χ2v) is 4.58. The van der Waals surface area contributed by atoms with Crippen LogP contribution in [0.1, 0.15) is 18.1 Å². The van der Waals surface area contributed by atoms with E-state index < -0.39 is 34.9 Å². The van der Waals surface area contributed by atoms with E-state index in [0.29, 0.717) is 11.0 Å². The van der Waals surface area contributed by atoms with E-state index in [1.54, 1.807) is 0 Å². The molecule has 1 aromatic carbocycles. The molecule has 0 spiro atoms. The first-order valence-corrected chi connectivity index (χ1v) is 5.62. The quantitative estimate of drug-likeness (QED) is 0.696. The number of halogens is 3. The number of imide groups is 1. The van der Waals surface area contributed by atoms with Crippen LogP contribution in [0.25, 0.3) is 0 Å². The number of nitrogens with zero attached hydrogens (tertiary/aromatic N) is 2. The van der Waals surface area contributed by atoms with Crippen molar-refractivity contribution in [1.82, 2.24) is 0 Å². The molecule has 1 fully saturated rings. The number of hydrogen-bond donors (Lipinski definition) is 0. The van der Waals surface area contributed by atoms with E-state index in [9.17, 15) is 22.8 Å². The van der Waals surface area contributed by atoms with Gasteiger partial charge in [-0.25, -0.2) is 9.69 Å². The maximum absolute atomic E-state index is 12.9. The number of nitriles is 1. The number of benzene rings is 1. The number of hydrogen-bond acceptors (Lipinski definition) is 4. The van der Waals surface area contributed by atoms with Gasteiger partial charge in [0, 0.05) is 32.7 Å². The van der Waals surface area contributed by atoms with Crippen molar-refractivity contribution in [3.63, 3.8) is 0 Å². The van der Waals surface area contributed by atoms with Crippen molar-refractivity contribution >= 4 is 17.7 Å². The Hall–Kier alpha value is -1.46. The summed E-state index contributed by atoms with van der Waals surface area (Å²) < 4.78 is 43.3. The van der Waals surface area contributed by atoms with Gasteiger partial charge in [-0.1, -0.05) is 0 Å². The van der Waals surface area contributed by atoms with Crippen molar-refractivity contribution < 1.29 is 60.2 Å². The van der Waals surface area contributed by atoms with Gasteiger partial charge in [0.15, 0.2) is 0 Å². The predicted molar refractivity (Wildman–Crippen MR) is 63.9 cm³/mol. The van der Waals surface area contributed by atoms with Crippen molar-refractivity contribution in [2.24, 2.45) is 0 Å². The third kappa shape index (κ3) is 3.15. The number of alkyl halides is 3. The molecule has 1 aliphatic rings. The molecule has 1 atom stereocenters. The molecule has 2 rings (SSSR count). The second kappa shape index (κ2) is 5.97. The average molecular weight is 386 g/mol. The Morgan fingerprint density at radius 1 is 1.36 bits per heavy atom. The molecule has 0 bridgehead atoms. The van der Waals surface area contributed by atoms with Crippen molar-refractivity contribution in [3.05, 3.63) is 36.2 Å². The number of anilines is 1. The maximum Gasteiger partial charge on any atom is 0.419 e. The first-order chi connectivity index (χ1) is 9.58. The molecular formula is C13H8F3N2O3Y-. The van der Waals surface area contributed by atoms with E-state index >= 15 is 0 Å². The smallest absolute Gasteiger partial charge is 0.419 e. The van der Waals surface area contributed by atoms with Crippen LogP contribution in [-0.4, -0.2) is 17.6 Å². The molecule has 0 aromatic heterocycles. The molecule has 1 aliphatic heterocycles. The minimum Gasteiger partial charge on any atom is -0.466 e. The Bertz CT molecular complexity index is 680. The largest absolute Gasteiger partial charge is 0.466 e. The zero-order chi connectivity index (χ0) is 16.0. The van der Waals surface area contributed by atoms with Crippen molar-refractivity contribution in [2.75, 3.05) is 4.90 Å². The summed E-state index contributed by atoms with van der Waals surface area (Å²) in [6.07, 6.45) is -5.91. The second-order valence-electron chi connectivity index (χ2n) is 4.58. The van der Waals surface area contributed by atoms with Crippen LogP contribution in [0.4, 0.5) is 23.7 Å². The van der Waals surface area contributed by atoms with E-state index in [-0.39, 0.29) is 38.4 Å². The van der Waals surface area contributed by atoms with Crippen LogP contribution in [0, 0.1) is 18.3 Å². The monoisotopic (exact) mass is 386 g/mol. The van der Waals surface area contributed by atoms with Gasteiger partial charge in [-0.15, -0.1) is 0 Å². The molecule has 9 heteroatoms. The zero-order valence-electron chi connectivity index (χ0n) is 11.3. The van der Waals surface area contributed by atoms with Crippen LogP contribution in [0.5, 0.6) is 0 Å². The van der Waals surface area contributed by atoms with Crippen LogP contribution in [0.2, 0.25) is 0 Å². The Balaban J connectivity index is 0.00000242. The third-order valence-corrected chi connectivity index (χ3v) is 2.84. The van der Waals surface area contributed by atoms with Gasteiger partial charge in [0.25, 0.3) is 0 Å². The molecule has 0 N–H and O–H groups in total. The summed E-state index contributed by atoms with van der Waals surface area (Å²) in [7, 11) is 0. The van der Waals surface area contributed by atoms with Crippen LogP contribution in [0.15, 0.2) is 18.2 Å². The van der Waals surface area contributed by atoms with Crippen LogP contribution in [-0.2, 0) is 48.4 Å². The van der Waals surface area contributed by atoms with Gasteiger partial charge in [-0.05, 0) is 25.1 Å². The molecule has 1 aromatic rings. The van der Waals surface area contributed by atoms with Crippen LogP contribution < -0.4 is 4.90 Å². The summed E-state index contributed by atoms with van der Waals surface area (Å²) in [6, 6.07) is 3.91. The predicted octanol–water partition coefficient (Wildman–Crippen LogP) is 2.65. The summed E-state index contributed by atoms with van der Waals surface area (Å²) in [6.45, 7) is 4.60. The molecule has 1 heterocycles. The number of carbonyl (C=O) groups is 2. The SMILES string of the molecule is [CH2-]C1(C)OC(=O)N(c2ccc(C#N)c(C(F)(F)F)c2)C1=O.[Y]. The summed E-state index contributed by atoms with van der Waals surface area (Å²) in [5.41, 5.74) is -3.86. The molecule has 5 nitrogen and oxygen atoms in total. The van der Waals surface area contributed by atoms with E-state index in [0.717, 1.165) is 12.1 Å². The summed E-state index contributed by atoms with van der Waals surface area (Å²) in [4.78, 5) is 24.0. The average Bonchev–Trinajstić information content (AvgIpc) is 2.56. The van der Waals surface area contributed by atoms with E-state index in [1.807, 2.05) is 0 Å². The molecular weight excluding hydrogens is 378 g/mol. The molecule has 113 valence electrons. The first kappa shape index (κ1) is 18.6. The Kier molecular flexibility index (Phi) is 5.05. The summed E-state index contributed by atoms with van der Waals surface area (Å²) >= 11 is 0. The van der Waals surface area contributed by atoms with E-state index in [4.69, 9.17) is 10.00 Å². The fraction of sp³-hybridized carbons (Fsp3) is 0.231. The van der Waals surface area contributed by atoms with Gasteiger partial charge in [0.05, 0.1) is 28.5 Å². The zero-order valence-corrected chi connectivity index (χ0v) is 14.1. The topological polar surface area (TPSA) is 70.4 Å². The normalized spacial score (nSPS) is 21.2. The minimum atomic E-state index is -4.79. The van der Waals surface area contributed by atoms with Gasteiger partial charge >= 0.3 is 12.3 Å². The first-order valence-electron chi connectivity index (χ1n) is 5.62. The van der Waals surface area contributed by atoms with Crippen molar-refractivity contribution in [3.8, 4) is 6.07 Å². The molecule has 22 heavy (non-hydrogen) atoms. The Morgan fingerprint density at radius 3 is 2.36 bits per heavy atom. The summed E-state index contributed by atoms with van der Waals surface area (Å²) in [5, 5.41) is 8.69. The van der Waals surface area contributed by atoms with E-state index in [2.05, 4.69) is 6.92 Å². The molecule has 0 aliphatic carbocycles. The number of ether oxygens (including phenoxy) is 1. The standard InChI is InChI=1S/C13H8F3N2O3.Y/c1-12(2)10(19)18(11(20)21-12)8-4-3-7(6-17)9(5-8)13(14,15)16;/h3-5H,1H2,2H3;/q-1;. The molecule has 1 unspecified atom stereocenters. The van der Waals surface area contributed by atoms with Gasteiger partial charge < -0.3 is 4.74 Å². The Morgan fingerprint density at radius 2 is 1.95 bits per heavy atom. The molecule has 1 saturated heterocycles. The van der Waals surface area contributed by atoms with Gasteiger partial charge in [-0.3, -0.25) is 11.7 Å². The van der Waals surface area contributed by atoms with E-state index in [1.165, 1.54) is 13.0 Å². The Labute approximate surface area is 148 Å². The molecule has 2 amide bonds. The van der Waals surface area contributed by atoms with Gasteiger partial charge in [0.2, 0.25) is 5.91 Å². The van der Waals surface area contributed by atoms with Crippen LogP contribution >= 0.6 is 0 Å². The fourth-order valence-electron chi connectivity index (χ4n) is 1.83. The minimum absolute atomic E-state index is 0. The third-order valence-electron chi connectivity index (χ3n) is 2.84. The van der Waals surface area contributed by atoms with Gasteiger partial charge in [-0.2, -0.15) is 18.4 Å². The summed E-state index contributed by atoms with van der Waals surface area (Å²) in [5.74, 6) is -0.884.